The van der Waals surface area contributed by atoms with Gasteiger partial charge in [-0.05, 0) is 70.2 Å². The van der Waals surface area contributed by atoms with Gasteiger partial charge in [0.15, 0.2) is 0 Å². The number of anilines is 1. The van der Waals surface area contributed by atoms with Crippen LogP contribution in [0.15, 0.2) is 54.6 Å². The normalized spacial score (nSPS) is 20.1. The fourth-order valence-electron chi connectivity index (χ4n) is 5.46. The van der Waals surface area contributed by atoms with Crippen molar-refractivity contribution in [3.05, 3.63) is 65.7 Å². The van der Waals surface area contributed by atoms with Crippen molar-refractivity contribution in [2.75, 3.05) is 44.2 Å². The lowest BCUT2D eigenvalue weighted by molar-refractivity contribution is -0.144. The van der Waals surface area contributed by atoms with Crippen molar-refractivity contribution in [1.82, 2.24) is 9.80 Å². The summed E-state index contributed by atoms with van der Waals surface area (Å²) in [6, 6.07) is 18.5. The van der Waals surface area contributed by atoms with Gasteiger partial charge in [-0.15, -0.1) is 0 Å². The molecule has 0 bridgehead atoms. The second-order valence-electron chi connectivity index (χ2n) is 11.5. The number of hydrogen-bond donors (Lipinski definition) is 2. The molecule has 5 nitrogen and oxygen atoms in total. The van der Waals surface area contributed by atoms with E-state index in [-0.39, 0.29) is 17.7 Å². The van der Waals surface area contributed by atoms with E-state index in [1.165, 1.54) is 12.1 Å². The topological polar surface area (TPSA) is 50.2 Å². The third-order valence-electron chi connectivity index (χ3n) is 8.26. The molecule has 5 heteroatoms. The summed E-state index contributed by atoms with van der Waals surface area (Å²) < 4.78 is 0. The SMILES string of the molecule is CC(C)(CCC(C)(C)N1CC(O)(c2ccc(CO)cc2)C1)N1CCCN(c2ccccc2)CC1. The van der Waals surface area contributed by atoms with Gasteiger partial charge in [0.05, 0.1) is 6.61 Å². The summed E-state index contributed by atoms with van der Waals surface area (Å²) in [6.45, 7) is 15.2. The zero-order chi connectivity index (χ0) is 24.4. The summed E-state index contributed by atoms with van der Waals surface area (Å²) in [4.78, 5) is 7.62. The number of hydrogen-bond acceptors (Lipinski definition) is 5. The zero-order valence-electron chi connectivity index (χ0n) is 21.5. The number of rotatable bonds is 8. The Bertz CT molecular complexity index is 920. The van der Waals surface area contributed by atoms with E-state index in [4.69, 9.17) is 0 Å². The molecule has 0 spiro atoms. The van der Waals surface area contributed by atoms with Gasteiger partial charge in [-0.3, -0.25) is 9.80 Å². The largest absolute Gasteiger partial charge is 0.392 e. The van der Waals surface area contributed by atoms with E-state index >= 15 is 0 Å². The van der Waals surface area contributed by atoms with E-state index in [1.54, 1.807) is 0 Å². The fourth-order valence-corrected chi connectivity index (χ4v) is 5.46. The highest BCUT2D eigenvalue weighted by Crippen LogP contribution is 2.39. The minimum Gasteiger partial charge on any atom is -0.392 e. The summed E-state index contributed by atoms with van der Waals surface area (Å²) in [5.74, 6) is 0. The molecule has 0 unspecified atom stereocenters. The van der Waals surface area contributed by atoms with Gasteiger partial charge in [0, 0.05) is 56.0 Å². The van der Waals surface area contributed by atoms with Crippen LogP contribution >= 0.6 is 0 Å². The van der Waals surface area contributed by atoms with Crippen molar-refractivity contribution < 1.29 is 10.2 Å². The molecule has 0 aliphatic carbocycles. The van der Waals surface area contributed by atoms with Crippen LogP contribution in [0.5, 0.6) is 0 Å². The molecule has 34 heavy (non-hydrogen) atoms. The predicted molar refractivity (Wildman–Crippen MR) is 140 cm³/mol. The van der Waals surface area contributed by atoms with Gasteiger partial charge < -0.3 is 15.1 Å². The number of para-hydroxylation sites is 1. The van der Waals surface area contributed by atoms with Gasteiger partial charge in [0.25, 0.3) is 0 Å². The number of β-amino-alcohol motifs (C(OH)–C–C–N with tert-alkyl or cyclic N) is 1. The molecule has 0 aromatic heterocycles. The second kappa shape index (κ2) is 9.98. The molecule has 2 saturated heterocycles. The first-order chi connectivity index (χ1) is 16.1. The third-order valence-corrected chi connectivity index (χ3v) is 8.26. The number of likely N-dealkylation sites (tertiary alicyclic amines) is 1. The monoisotopic (exact) mass is 465 g/mol. The Balaban J connectivity index is 1.30. The lowest BCUT2D eigenvalue weighted by atomic mass is 9.79. The molecule has 4 rings (SSSR count). The maximum atomic E-state index is 11.1. The molecule has 2 aromatic rings. The number of aliphatic hydroxyl groups excluding tert-OH is 1. The summed E-state index contributed by atoms with van der Waals surface area (Å²) in [6.07, 6.45) is 3.42. The average Bonchev–Trinajstić information content (AvgIpc) is 3.09. The summed E-state index contributed by atoms with van der Waals surface area (Å²) in [5, 5.41) is 20.4. The zero-order valence-corrected chi connectivity index (χ0v) is 21.5. The Morgan fingerprint density at radius 1 is 0.765 bits per heavy atom. The maximum absolute atomic E-state index is 11.1. The van der Waals surface area contributed by atoms with Crippen LogP contribution in [0, 0.1) is 0 Å². The second-order valence-corrected chi connectivity index (χ2v) is 11.5. The van der Waals surface area contributed by atoms with E-state index in [1.807, 2.05) is 24.3 Å². The van der Waals surface area contributed by atoms with Crippen LogP contribution in [0.2, 0.25) is 0 Å². The van der Waals surface area contributed by atoms with Crippen LogP contribution in [-0.2, 0) is 12.2 Å². The Hall–Kier alpha value is -1.92. The van der Waals surface area contributed by atoms with E-state index in [0.717, 1.165) is 50.1 Å². The molecule has 2 aliphatic rings. The lowest BCUT2D eigenvalue weighted by Gasteiger charge is -2.55. The van der Waals surface area contributed by atoms with E-state index in [0.29, 0.717) is 13.1 Å². The molecule has 0 atom stereocenters. The van der Waals surface area contributed by atoms with Crippen LogP contribution in [-0.4, -0.2) is 70.4 Å². The van der Waals surface area contributed by atoms with Gasteiger partial charge in [0.1, 0.15) is 5.60 Å². The number of aliphatic hydroxyl groups is 2. The van der Waals surface area contributed by atoms with Gasteiger partial charge in [0.2, 0.25) is 0 Å². The van der Waals surface area contributed by atoms with Gasteiger partial charge in [-0.2, -0.15) is 0 Å². The molecule has 2 aliphatic heterocycles. The van der Waals surface area contributed by atoms with Crippen molar-refractivity contribution in [3.63, 3.8) is 0 Å². The van der Waals surface area contributed by atoms with Gasteiger partial charge >= 0.3 is 0 Å². The highest BCUT2D eigenvalue weighted by atomic mass is 16.3. The summed E-state index contributed by atoms with van der Waals surface area (Å²) >= 11 is 0. The van der Waals surface area contributed by atoms with Crippen LogP contribution in [0.3, 0.4) is 0 Å². The maximum Gasteiger partial charge on any atom is 0.115 e. The number of nitrogens with zero attached hydrogens (tertiary/aromatic N) is 3. The fraction of sp³-hybridized carbons (Fsp3) is 0.586. The predicted octanol–water partition coefficient (Wildman–Crippen LogP) is 4.23. The molecule has 2 N–H and O–H groups in total. The molecule has 0 amide bonds. The number of benzene rings is 2. The third kappa shape index (κ3) is 5.49. The summed E-state index contributed by atoms with van der Waals surface area (Å²) in [7, 11) is 0. The van der Waals surface area contributed by atoms with E-state index in [2.05, 4.69) is 72.7 Å². The molecule has 2 aromatic carbocycles. The molecular formula is C29H43N3O2. The molecule has 186 valence electrons. The van der Waals surface area contributed by atoms with Crippen molar-refractivity contribution in [1.29, 1.82) is 0 Å². The smallest absolute Gasteiger partial charge is 0.115 e. The Morgan fingerprint density at radius 3 is 2.00 bits per heavy atom. The van der Waals surface area contributed by atoms with Crippen molar-refractivity contribution in [3.8, 4) is 0 Å². The standard InChI is InChI=1S/C29H43N3O2/c1-27(2,31-18-8-17-30(19-20-31)26-9-6-5-7-10-26)15-16-28(3,4)32-22-29(34,23-32)25-13-11-24(21-33)12-14-25/h5-7,9-14,33-34H,8,15-23H2,1-4H3. The summed E-state index contributed by atoms with van der Waals surface area (Å²) in [5.41, 5.74) is 2.56. The van der Waals surface area contributed by atoms with Crippen LogP contribution < -0.4 is 4.90 Å². The first-order valence-corrected chi connectivity index (χ1v) is 12.9. The molecule has 2 heterocycles. The molecular weight excluding hydrogens is 422 g/mol. The molecule has 0 radical (unpaired) electrons. The Labute approximate surface area is 206 Å². The first kappa shape index (κ1) is 25.2. The molecule has 0 saturated carbocycles. The van der Waals surface area contributed by atoms with Crippen molar-refractivity contribution >= 4 is 5.69 Å². The van der Waals surface area contributed by atoms with Gasteiger partial charge in [-0.1, -0.05) is 42.5 Å². The minimum absolute atomic E-state index is 0.0367. The lowest BCUT2D eigenvalue weighted by Crippen LogP contribution is -2.66. The highest BCUT2D eigenvalue weighted by Gasteiger charge is 2.48. The van der Waals surface area contributed by atoms with Gasteiger partial charge in [-0.25, -0.2) is 0 Å². The quantitative estimate of drug-likeness (QED) is 0.611. The Kier molecular flexibility index (Phi) is 7.39. The van der Waals surface area contributed by atoms with Crippen LogP contribution in [0.1, 0.15) is 58.1 Å². The minimum atomic E-state index is -0.785. The van der Waals surface area contributed by atoms with Crippen LogP contribution in [0.25, 0.3) is 0 Å². The van der Waals surface area contributed by atoms with Crippen LogP contribution in [0.4, 0.5) is 5.69 Å². The van der Waals surface area contributed by atoms with Crippen molar-refractivity contribution in [2.45, 2.75) is 70.2 Å². The Morgan fingerprint density at radius 2 is 1.38 bits per heavy atom. The van der Waals surface area contributed by atoms with E-state index < -0.39 is 5.60 Å². The first-order valence-electron chi connectivity index (χ1n) is 12.9. The van der Waals surface area contributed by atoms with E-state index in [9.17, 15) is 10.2 Å². The van der Waals surface area contributed by atoms with Crippen molar-refractivity contribution in [2.24, 2.45) is 0 Å². The molecule has 2 fully saturated rings. The highest BCUT2D eigenvalue weighted by molar-refractivity contribution is 5.46. The average molecular weight is 466 g/mol.